The molecule has 0 aliphatic heterocycles. The van der Waals surface area contributed by atoms with E-state index in [0.29, 0.717) is 11.1 Å². The van der Waals surface area contributed by atoms with Crippen LogP contribution in [0, 0.1) is 6.92 Å². The second kappa shape index (κ2) is 6.34. The van der Waals surface area contributed by atoms with E-state index >= 15 is 0 Å². The Labute approximate surface area is 139 Å². The van der Waals surface area contributed by atoms with E-state index in [1.807, 2.05) is 25.1 Å². The summed E-state index contributed by atoms with van der Waals surface area (Å²) < 4.78 is 0. The maximum Gasteiger partial charge on any atom is 0.174 e. The predicted octanol–water partition coefficient (Wildman–Crippen LogP) is 5.07. The molecular weight excluding hydrogens is 320 g/mol. The molecule has 1 aliphatic carbocycles. The Morgan fingerprint density at radius 2 is 2.19 bits per heavy atom. The fourth-order valence-electron chi connectivity index (χ4n) is 2.29. The zero-order chi connectivity index (χ0) is 14.8. The van der Waals surface area contributed by atoms with Crippen molar-refractivity contribution < 1.29 is 0 Å². The first-order chi connectivity index (χ1) is 10.1. The van der Waals surface area contributed by atoms with Crippen molar-refractivity contribution in [3.8, 4) is 0 Å². The molecule has 1 saturated carbocycles. The summed E-state index contributed by atoms with van der Waals surface area (Å²) in [6.07, 6.45) is 2.43. The number of nitrogens with one attached hydrogen (secondary N) is 1. The maximum atomic E-state index is 6.28. The summed E-state index contributed by atoms with van der Waals surface area (Å²) >= 11 is 13.7. The average Bonchev–Trinajstić information content (AvgIpc) is 3.17. The van der Waals surface area contributed by atoms with Gasteiger partial charge < -0.3 is 10.2 Å². The number of hydrogen-bond donors (Lipinski definition) is 1. The molecule has 1 fully saturated rings. The monoisotopic (exact) mass is 336 g/mol. The van der Waals surface area contributed by atoms with E-state index in [4.69, 9.17) is 23.8 Å². The van der Waals surface area contributed by atoms with Crippen molar-refractivity contribution in [2.24, 2.45) is 0 Å². The Morgan fingerprint density at radius 3 is 2.81 bits per heavy atom. The van der Waals surface area contributed by atoms with Crippen LogP contribution in [-0.2, 0) is 6.54 Å². The molecule has 1 aromatic carbocycles. The van der Waals surface area contributed by atoms with Crippen LogP contribution in [0.3, 0.4) is 0 Å². The van der Waals surface area contributed by atoms with E-state index in [-0.39, 0.29) is 0 Å². The zero-order valence-corrected chi connectivity index (χ0v) is 14.2. The number of thiocarbonyl (C=S) groups is 1. The van der Waals surface area contributed by atoms with Gasteiger partial charge in [-0.15, -0.1) is 11.3 Å². The van der Waals surface area contributed by atoms with Crippen molar-refractivity contribution in [2.75, 3.05) is 5.32 Å². The molecule has 2 aromatic rings. The summed E-state index contributed by atoms with van der Waals surface area (Å²) in [5, 5.41) is 6.93. The zero-order valence-electron chi connectivity index (χ0n) is 11.8. The molecule has 1 N–H and O–H groups in total. The minimum Gasteiger partial charge on any atom is -0.341 e. The molecular formula is C16H17ClN2S2. The van der Waals surface area contributed by atoms with Crippen LogP contribution in [0.4, 0.5) is 5.69 Å². The molecule has 0 radical (unpaired) electrons. The van der Waals surface area contributed by atoms with Crippen LogP contribution in [0.1, 0.15) is 23.3 Å². The summed E-state index contributed by atoms with van der Waals surface area (Å²) in [5.41, 5.74) is 2.03. The lowest BCUT2D eigenvalue weighted by Crippen LogP contribution is -2.36. The standard InChI is InChI=1S/C16H17ClN2S2/c1-11-4-2-6-14(17)15(11)18-16(20)19(12-7-8-12)10-13-5-3-9-21-13/h2-6,9,12H,7-8,10H2,1H3,(H,18,20). The minimum atomic E-state index is 0.565. The van der Waals surface area contributed by atoms with Gasteiger partial charge in [0, 0.05) is 10.9 Å². The highest BCUT2D eigenvalue weighted by Gasteiger charge is 2.31. The maximum absolute atomic E-state index is 6.28. The van der Waals surface area contributed by atoms with Gasteiger partial charge in [-0.2, -0.15) is 0 Å². The van der Waals surface area contributed by atoms with Crippen molar-refractivity contribution in [2.45, 2.75) is 32.4 Å². The van der Waals surface area contributed by atoms with Crippen molar-refractivity contribution in [3.63, 3.8) is 0 Å². The first-order valence-corrected chi connectivity index (χ1v) is 8.67. The molecule has 2 nitrogen and oxygen atoms in total. The molecule has 0 amide bonds. The molecule has 110 valence electrons. The number of halogens is 1. The average molecular weight is 337 g/mol. The number of thiophene rings is 1. The molecule has 0 spiro atoms. The van der Waals surface area contributed by atoms with Crippen molar-refractivity contribution in [3.05, 3.63) is 51.2 Å². The van der Waals surface area contributed by atoms with Crippen LogP contribution in [0.2, 0.25) is 5.02 Å². The summed E-state index contributed by atoms with van der Waals surface area (Å²) in [6.45, 7) is 2.91. The Kier molecular flexibility index (Phi) is 4.48. The molecule has 0 bridgehead atoms. The van der Waals surface area contributed by atoms with Gasteiger partial charge >= 0.3 is 0 Å². The number of benzene rings is 1. The number of anilines is 1. The van der Waals surface area contributed by atoms with E-state index in [9.17, 15) is 0 Å². The molecule has 21 heavy (non-hydrogen) atoms. The summed E-state index contributed by atoms with van der Waals surface area (Å²) in [4.78, 5) is 3.62. The highest BCUT2D eigenvalue weighted by Crippen LogP contribution is 2.31. The lowest BCUT2D eigenvalue weighted by atomic mass is 10.2. The number of para-hydroxylation sites is 1. The fourth-order valence-corrected chi connectivity index (χ4v) is 3.58. The van der Waals surface area contributed by atoms with Gasteiger partial charge in [-0.05, 0) is 55.1 Å². The van der Waals surface area contributed by atoms with E-state index in [2.05, 4.69) is 27.7 Å². The first kappa shape index (κ1) is 14.8. The lowest BCUT2D eigenvalue weighted by molar-refractivity contribution is 0.413. The van der Waals surface area contributed by atoms with Gasteiger partial charge in [-0.1, -0.05) is 29.8 Å². The number of rotatable bonds is 4. The Hall–Kier alpha value is -1.10. The first-order valence-electron chi connectivity index (χ1n) is 7.00. The summed E-state index contributed by atoms with van der Waals surface area (Å²) in [6, 6.07) is 10.7. The van der Waals surface area contributed by atoms with Gasteiger partial charge in [0.1, 0.15) is 0 Å². The number of aryl methyl sites for hydroxylation is 1. The van der Waals surface area contributed by atoms with Crippen molar-refractivity contribution in [1.29, 1.82) is 0 Å². The summed E-state index contributed by atoms with van der Waals surface area (Å²) in [7, 11) is 0. The van der Waals surface area contributed by atoms with Crippen LogP contribution in [0.5, 0.6) is 0 Å². The Balaban J connectivity index is 1.75. The molecule has 5 heteroatoms. The quantitative estimate of drug-likeness (QED) is 0.784. The van der Waals surface area contributed by atoms with Crippen molar-refractivity contribution in [1.82, 2.24) is 4.90 Å². The molecule has 3 rings (SSSR count). The second-order valence-corrected chi connectivity index (χ2v) is 7.13. The Morgan fingerprint density at radius 1 is 1.38 bits per heavy atom. The van der Waals surface area contributed by atoms with Crippen LogP contribution in [0.25, 0.3) is 0 Å². The van der Waals surface area contributed by atoms with Crippen LogP contribution in [-0.4, -0.2) is 16.1 Å². The van der Waals surface area contributed by atoms with E-state index < -0.39 is 0 Å². The topological polar surface area (TPSA) is 15.3 Å². The van der Waals surface area contributed by atoms with Crippen molar-refractivity contribution >= 4 is 46.0 Å². The third-order valence-corrected chi connectivity index (χ3v) is 5.12. The largest absolute Gasteiger partial charge is 0.341 e. The normalized spacial score (nSPS) is 14.0. The molecule has 1 aliphatic rings. The smallest absolute Gasteiger partial charge is 0.174 e. The molecule has 1 heterocycles. The van der Waals surface area contributed by atoms with Crippen LogP contribution < -0.4 is 5.32 Å². The highest BCUT2D eigenvalue weighted by atomic mass is 35.5. The van der Waals surface area contributed by atoms with Gasteiger partial charge in [0.15, 0.2) is 5.11 Å². The van der Waals surface area contributed by atoms with Gasteiger partial charge in [0.05, 0.1) is 17.3 Å². The van der Waals surface area contributed by atoms with Gasteiger partial charge in [-0.25, -0.2) is 0 Å². The molecule has 0 atom stereocenters. The predicted molar refractivity (Wildman–Crippen MR) is 95.3 cm³/mol. The van der Waals surface area contributed by atoms with Crippen LogP contribution >= 0.6 is 35.2 Å². The Bertz CT molecular complexity index is 615. The molecule has 1 aromatic heterocycles. The van der Waals surface area contributed by atoms with Crippen LogP contribution in [0.15, 0.2) is 35.7 Å². The minimum absolute atomic E-state index is 0.565. The molecule has 0 unspecified atom stereocenters. The SMILES string of the molecule is Cc1cccc(Cl)c1NC(=S)N(Cc1cccs1)C1CC1. The lowest BCUT2D eigenvalue weighted by Gasteiger charge is -2.26. The third-order valence-electron chi connectivity index (χ3n) is 3.61. The van der Waals surface area contributed by atoms with Gasteiger partial charge in [0.2, 0.25) is 0 Å². The van der Waals surface area contributed by atoms with E-state index in [1.54, 1.807) is 11.3 Å². The highest BCUT2D eigenvalue weighted by molar-refractivity contribution is 7.80. The molecule has 0 saturated heterocycles. The number of nitrogens with zero attached hydrogens (tertiary/aromatic N) is 1. The van der Waals surface area contributed by atoms with Gasteiger partial charge in [0.25, 0.3) is 0 Å². The van der Waals surface area contributed by atoms with E-state index in [0.717, 1.165) is 22.9 Å². The van der Waals surface area contributed by atoms with E-state index in [1.165, 1.54) is 17.7 Å². The number of hydrogen-bond acceptors (Lipinski definition) is 2. The summed E-state index contributed by atoms with van der Waals surface area (Å²) in [5.74, 6) is 0. The second-order valence-electron chi connectivity index (χ2n) is 5.30. The van der Waals surface area contributed by atoms with Gasteiger partial charge in [-0.3, -0.25) is 0 Å². The fraction of sp³-hybridized carbons (Fsp3) is 0.312. The third kappa shape index (κ3) is 3.57.